The first-order chi connectivity index (χ1) is 9.10. The van der Waals surface area contributed by atoms with E-state index in [1.54, 1.807) is 11.6 Å². The zero-order valence-electron chi connectivity index (χ0n) is 11.0. The number of nitrogen functional groups attached to an aromatic ring is 1. The summed E-state index contributed by atoms with van der Waals surface area (Å²) in [6.07, 6.45) is 0. The van der Waals surface area contributed by atoms with Gasteiger partial charge in [-0.3, -0.25) is 0 Å². The largest absolute Gasteiger partial charge is 0.496 e. The molecule has 0 aliphatic rings. The van der Waals surface area contributed by atoms with Crippen molar-refractivity contribution in [2.75, 3.05) is 12.8 Å². The van der Waals surface area contributed by atoms with Gasteiger partial charge in [-0.05, 0) is 37.1 Å². The van der Waals surface area contributed by atoms with Gasteiger partial charge in [0.2, 0.25) is 4.96 Å². The van der Waals surface area contributed by atoms with Crippen molar-refractivity contribution in [3.63, 3.8) is 0 Å². The van der Waals surface area contributed by atoms with Gasteiger partial charge in [0.25, 0.3) is 0 Å². The molecule has 0 bridgehead atoms. The highest BCUT2D eigenvalue weighted by Crippen LogP contribution is 2.31. The monoisotopic (exact) mass is 274 g/mol. The van der Waals surface area contributed by atoms with E-state index in [2.05, 4.69) is 23.9 Å². The predicted molar refractivity (Wildman–Crippen MR) is 76.7 cm³/mol. The zero-order chi connectivity index (χ0) is 13.6. The third-order valence-electron chi connectivity index (χ3n) is 3.16. The fourth-order valence-corrected chi connectivity index (χ4v) is 2.66. The first-order valence-electron chi connectivity index (χ1n) is 5.85. The van der Waals surface area contributed by atoms with Crippen LogP contribution in [-0.2, 0) is 0 Å². The number of rotatable bonds is 2. The topological polar surface area (TPSA) is 65.4 Å². The van der Waals surface area contributed by atoms with Gasteiger partial charge in [-0.2, -0.15) is 9.50 Å². The van der Waals surface area contributed by atoms with Crippen molar-refractivity contribution >= 4 is 22.1 Å². The molecule has 0 aliphatic heterocycles. The lowest BCUT2D eigenvalue weighted by molar-refractivity contribution is 0.415. The molecule has 2 aromatic heterocycles. The molecule has 0 unspecified atom stereocenters. The number of thiazole rings is 1. The lowest BCUT2D eigenvalue weighted by atomic mass is 10.0. The molecule has 5 nitrogen and oxygen atoms in total. The van der Waals surface area contributed by atoms with E-state index in [9.17, 15) is 0 Å². The molecule has 0 saturated heterocycles. The number of methoxy groups -OCH3 is 1. The van der Waals surface area contributed by atoms with Gasteiger partial charge in [0.15, 0.2) is 5.82 Å². The number of fused-ring (bicyclic) bond motifs is 1. The van der Waals surface area contributed by atoms with E-state index in [-0.39, 0.29) is 0 Å². The van der Waals surface area contributed by atoms with Crippen LogP contribution in [0.15, 0.2) is 17.5 Å². The van der Waals surface area contributed by atoms with Crippen molar-refractivity contribution in [2.24, 2.45) is 0 Å². The minimum atomic E-state index is 0.599. The SMILES string of the molecule is COc1cc(C)c(C)cc1-c1nc2scc(N)n2n1. The number of hydrogen-bond acceptors (Lipinski definition) is 5. The van der Waals surface area contributed by atoms with Crippen LogP contribution in [0.3, 0.4) is 0 Å². The van der Waals surface area contributed by atoms with Crippen LogP contribution in [0.1, 0.15) is 11.1 Å². The van der Waals surface area contributed by atoms with E-state index in [0.29, 0.717) is 11.6 Å². The van der Waals surface area contributed by atoms with Crippen molar-refractivity contribution in [1.82, 2.24) is 14.6 Å². The van der Waals surface area contributed by atoms with E-state index in [0.717, 1.165) is 16.3 Å². The highest BCUT2D eigenvalue weighted by Gasteiger charge is 2.15. The number of ether oxygens (including phenoxy) is 1. The van der Waals surface area contributed by atoms with Crippen molar-refractivity contribution < 1.29 is 4.74 Å². The molecule has 98 valence electrons. The summed E-state index contributed by atoms with van der Waals surface area (Å²) in [7, 11) is 1.65. The van der Waals surface area contributed by atoms with Crippen LogP contribution in [0.5, 0.6) is 5.75 Å². The number of benzene rings is 1. The molecular formula is C13H14N4OS. The van der Waals surface area contributed by atoms with Gasteiger partial charge < -0.3 is 10.5 Å². The second-order valence-electron chi connectivity index (χ2n) is 4.43. The smallest absolute Gasteiger partial charge is 0.214 e. The lowest BCUT2D eigenvalue weighted by Crippen LogP contribution is -1.95. The van der Waals surface area contributed by atoms with E-state index in [4.69, 9.17) is 10.5 Å². The first kappa shape index (κ1) is 12.0. The Morgan fingerprint density at radius 2 is 2.00 bits per heavy atom. The number of anilines is 1. The highest BCUT2D eigenvalue weighted by molar-refractivity contribution is 7.15. The van der Waals surface area contributed by atoms with Gasteiger partial charge in [0.1, 0.15) is 11.6 Å². The van der Waals surface area contributed by atoms with Gasteiger partial charge in [-0.15, -0.1) is 16.4 Å². The summed E-state index contributed by atoms with van der Waals surface area (Å²) < 4.78 is 7.07. The van der Waals surface area contributed by atoms with Crippen LogP contribution in [0, 0.1) is 13.8 Å². The fourth-order valence-electron chi connectivity index (χ4n) is 1.95. The number of nitrogens with zero attached hydrogens (tertiary/aromatic N) is 3. The first-order valence-corrected chi connectivity index (χ1v) is 6.73. The molecule has 19 heavy (non-hydrogen) atoms. The summed E-state index contributed by atoms with van der Waals surface area (Å²) in [5, 5.41) is 6.26. The Balaban J connectivity index is 2.22. The zero-order valence-corrected chi connectivity index (χ0v) is 11.8. The molecule has 0 saturated carbocycles. The quantitative estimate of drug-likeness (QED) is 0.780. The molecule has 3 rings (SSSR count). The van der Waals surface area contributed by atoms with Crippen LogP contribution < -0.4 is 10.5 Å². The predicted octanol–water partition coefficient (Wildman–Crippen LogP) is 2.67. The Labute approximate surface area is 114 Å². The minimum absolute atomic E-state index is 0.599. The Morgan fingerprint density at radius 1 is 1.26 bits per heavy atom. The summed E-state index contributed by atoms with van der Waals surface area (Å²) in [5.74, 6) is 2.01. The number of hydrogen-bond donors (Lipinski definition) is 1. The third kappa shape index (κ3) is 1.84. The maximum Gasteiger partial charge on any atom is 0.214 e. The molecule has 1 aromatic carbocycles. The molecule has 0 atom stereocenters. The summed E-state index contributed by atoms with van der Waals surface area (Å²) in [5.41, 5.74) is 9.09. The van der Waals surface area contributed by atoms with Crippen LogP contribution in [0.25, 0.3) is 16.3 Å². The molecule has 2 N–H and O–H groups in total. The Bertz CT molecular complexity index is 759. The minimum Gasteiger partial charge on any atom is -0.496 e. The highest BCUT2D eigenvalue weighted by atomic mass is 32.1. The summed E-state index contributed by atoms with van der Waals surface area (Å²) >= 11 is 1.47. The molecule has 3 aromatic rings. The summed E-state index contributed by atoms with van der Waals surface area (Å²) in [6, 6.07) is 4.05. The van der Waals surface area contributed by atoms with Gasteiger partial charge in [0, 0.05) is 5.38 Å². The van der Waals surface area contributed by atoms with Crippen molar-refractivity contribution in [1.29, 1.82) is 0 Å². The summed E-state index contributed by atoms with van der Waals surface area (Å²) in [6.45, 7) is 4.11. The molecule has 2 heterocycles. The molecule has 0 aliphatic carbocycles. The van der Waals surface area contributed by atoms with Crippen LogP contribution in [0.4, 0.5) is 5.82 Å². The van der Waals surface area contributed by atoms with Crippen molar-refractivity contribution in [3.8, 4) is 17.1 Å². The van der Waals surface area contributed by atoms with Gasteiger partial charge in [-0.25, -0.2) is 0 Å². The number of aryl methyl sites for hydroxylation is 2. The second-order valence-corrected chi connectivity index (χ2v) is 5.26. The second kappa shape index (κ2) is 4.24. The van der Waals surface area contributed by atoms with Crippen LogP contribution in [0.2, 0.25) is 0 Å². The molecule has 0 spiro atoms. The normalized spacial score (nSPS) is 11.1. The summed E-state index contributed by atoms with van der Waals surface area (Å²) in [4.78, 5) is 5.28. The van der Waals surface area contributed by atoms with E-state index >= 15 is 0 Å². The average molecular weight is 274 g/mol. The van der Waals surface area contributed by atoms with E-state index in [1.807, 2.05) is 17.5 Å². The van der Waals surface area contributed by atoms with Crippen LogP contribution >= 0.6 is 11.3 Å². The number of aromatic nitrogens is 3. The maximum atomic E-state index is 5.83. The Kier molecular flexibility index (Phi) is 2.67. The van der Waals surface area contributed by atoms with Crippen molar-refractivity contribution in [2.45, 2.75) is 13.8 Å². The lowest BCUT2D eigenvalue weighted by Gasteiger charge is -2.09. The number of nitrogens with two attached hydrogens (primary N) is 1. The van der Waals surface area contributed by atoms with E-state index < -0.39 is 0 Å². The maximum absolute atomic E-state index is 5.83. The molecular weight excluding hydrogens is 260 g/mol. The molecule has 6 heteroatoms. The van der Waals surface area contributed by atoms with Crippen molar-refractivity contribution in [3.05, 3.63) is 28.6 Å². The molecule has 0 fully saturated rings. The van der Waals surface area contributed by atoms with Crippen LogP contribution in [-0.4, -0.2) is 21.7 Å². The third-order valence-corrected chi connectivity index (χ3v) is 4.00. The van der Waals surface area contributed by atoms with Gasteiger partial charge in [-0.1, -0.05) is 0 Å². The van der Waals surface area contributed by atoms with Gasteiger partial charge >= 0.3 is 0 Å². The van der Waals surface area contributed by atoms with Gasteiger partial charge in [0.05, 0.1) is 12.7 Å². The fraction of sp³-hybridized carbons (Fsp3) is 0.231. The molecule has 0 radical (unpaired) electrons. The average Bonchev–Trinajstić information content (AvgIpc) is 2.95. The molecule has 0 amide bonds. The van der Waals surface area contributed by atoms with E-state index in [1.165, 1.54) is 22.5 Å². The Morgan fingerprint density at radius 3 is 2.68 bits per heavy atom. The standard InChI is InChI=1S/C13H14N4OS/c1-7-4-9(10(18-3)5-8(7)2)12-15-13-17(16-12)11(14)6-19-13/h4-6H,14H2,1-3H3. The Hall–Kier alpha value is -2.08.